The summed E-state index contributed by atoms with van der Waals surface area (Å²) >= 11 is 1.59. The van der Waals surface area contributed by atoms with Crippen molar-refractivity contribution in [1.29, 1.82) is 0 Å². The van der Waals surface area contributed by atoms with Gasteiger partial charge in [0, 0.05) is 23.5 Å². The van der Waals surface area contributed by atoms with E-state index < -0.39 is 0 Å². The zero-order valence-corrected chi connectivity index (χ0v) is 14.6. The molecule has 0 unspecified atom stereocenters. The van der Waals surface area contributed by atoms with Gasteiger partial charge in [0.25, 0.3) is 0 Å². The molecule has 0 saturated heterocycles. The highest BCUT2D eigenvalue weighted by molar-refractivity contribution is 8.00. The standard InChI is InChI=1S/C17H28N2OS/c1-13(2)10-18-16(20)12-21-15-8-6-7-14(9-15)11-19-17(3,4)5/h6-9,13,19H,10-12H2,1-5H3,(H,18,20). The van der Waals surface area contributed by atoms with Crippen LogP contribution in [0.15, 0.2) is 29.2 Å². The van der Waals surface area contributed by atoms with Crippen molar-refractivity contribution in [1.82, 2.24) is 10.6 Å². The molecule has 0 aliphatic heterocycles. The van der Waals surface area contributed by atoms with E-state index in [1.807, 2.05) is 6.07 Å². The SMILES string of the molecule is CC(C)CNC(=O)CSc1cccc(CNC(C)(C)C)c1. The van der Waals surface area contributed by atoms with Gasteiger partial charge >= 0.3 is 0 Å². The van der Waals surface area contributed by atoms with E-state index in [-0.39, 0.29) is 11.4 Å². The number of nitrogens with one attached hydrogen (secondary N) is 2. The molecule has 0 fully saturated rings. The topological polar surface area (TPSA) is 41.1 Å². The molecule has 0 heterocycles. The maximum atomic E-state index is 11.7. The number of benzene rings is 1. The van der Waals surface area contributed by atoms with Crippen LogP contribution < -0.4 is 10.6 Å². The minimum absolute atomic E-state index is 0.104. The van der Waals surface area contributed by atoms with Gasteiger partial charge in [-0.25, -0.2) is 0 Å². The fourth-order valence-corrected chi connectivity index (χ4v) is 2.44. The van der Waals surface area contributed by atoms with Crippen molar-refractivity contribution in [2.24, 2.45) is 5.92 Å². The Labute approximate surface area is 133 Å². The van der Waals surface area contributed by atoms with E-state index >= 15 is 0 Å². The molecule has 1 aromatic carbocycles. The Hall–Kier alpha value is -1.00. The molecule has 2 N–H and O–H groups in total. The monoisotopic (exact) mass is 308 g/mol. The lowest BCUT2D eigenvalue weighted by Crippen LogP contribution is -2.35. The molecule has 0 saturated carbocycles. The number of rotatable bonds is 7. The quantitative estimate of drug-likeness (QED) is 0.758. The summed E-state index contributed by atoms with van der Waals surface area (Å²) in [6, 6.07) is 8.37. The highest BCUT2D eigenvalue weighted by atomic mass is 32.2. The second kappa shape index (κ2) is 8.44. The Morgan fingerprint density at radius 3 is 2.62 bits per heavy atom. The Morgan fingerprint density at radius 1 is 1.29 bits per heavy atom. The first-order chi connectivity index (χ1) is 9.76. The minimum atomic E-state index is 0.104. The molecular formula is C17H28N2OS. The number of carbonyl (C=O) groups is 1. The maximum Gasteiger partial charge on any atom is 0.230 e. The molecular weight excluding hydrogens is 280 g/mol. The van der Waals surface area contributed by atoms with Gasteiger partial charge < -0.3 is 10.6 Å². The fourth-order valence-electron chi connectivity index (χ4n) is 1.63. The second-order valence-corrected chi connectivity index (χ2v) is 7.79. The molecule has 118 valence electrons. The first-order valence-corrected chi connectivity index (χ1v) is 8.48. The molecule has 4 heteroatoms. The number of hydrogen-bond donors (Lipinski definition) is 2. The van der Waals surface area contributed by atoms with Crippen molar-refractivity contribution in [3.8, 4) is 0 Å². The number of thioether (sulfide) groups is 1. The van der Waals surface area contributed by atoms with Crippen LogP contribution in [0, 0.1) is 5.92 Å². The minimum Gasteiger partial charge on any atom is -0.355 e. The van der Waals surface area contributed by atoms with Gasteiger partial charge in [0.05, 0.1) is 5.75 Å². The van der Waals surface area contributed by atoms with Crippen LogP contribution in [0.1, 0.15) is 40.2 Å². The molecule has 0 radical (unpaired) electrons. The van der Waals surface area contributed by atoms with Crippen LogP contribution in [-0.4, -0.2) is 23.7 Å². The number of amides is 1. The molecule has 0 spiro atoms. The largest absolute Gasteiger partial charge is 0.355 e. The Bertz CT molecular complexity index is 452. The lowest BCUT2D eigenvalue weighted by Gasteiger charge is -2.20. The molecule has 1 aromatic rings. The molecule has 1 rings (SSSR count). The summed E-state index contributed by atoms with van der Waals surface area (Å²) in [5, 5.41) is 6.41. The highest BCUT2D eigenvalue weighted by Crippen LogP contribution is 2.19. The van der Waals surface area contributed by atoms with Crippen LogP contribution in [0.5, 0.6) is 0 Å². The van der Waals surface area contributed by atoms with Crippen molar-refractivity contribution in [3.63, 3.8) is 0 Å². The molecule has 1 amide bonds. The second-order valence-electron chi connectivity index (χ2n) is 6.74. The van der Waals surface area contributed by atoms with E-state index in [1.165, 1.54) is 5.56 Å². The zero-order chi connectivity index (χ0) is 15.9. The average Bonchev–Trinajstić information content (AvgIpc) is 2.40. The molecule has 0 aliphatic rings. The Morgan fingerprint density at radius 2 is 2.00 bits per heavy atom. The van der Waals surface area contributed by atoms with E-state index in [4.69, 9.17) is 0 Å². The van der Waals surface area contributed by atoms with Crippen molar-refractivity contribution in [3.05, 3.63) is 29.8 Å². The summed E-state index contributed by atoms with van der Waals surface area (Å²) in [6.07, 6.45) is 0. The fraction of sp³-hybridized carbons (Fsp3) is 0.588. The summed E-state index contributed by atoms with van der Waals surface area (Å²) in [7, 11) is 0. The van der Waals surface area contributed by atoms with Gasteiger partial charge in [-0.3, -0.25) is 4.79 Å². The summed E-state index contributed by atoms with van der Waals surface area (Å²) < 4.78 is 0. The van der Waals surface area contributed by atoms with Crippen molar-refractivity contribution < 1.29 is 4.79 Å². The average molecular weight is 308 g/mol. The normalized spacial score (nSPS) is 11.7. The first-order valence-electron chi connectivity index (χ1n) is 7.50. The van der Waals surface area contributed by atoms with Crippen molar-refractivity contribution in [2.45, 2.75) is 51.6 Å². The first kappa shape index (κ1) is 18.1. The molecule has 3 nitrogen and oxygen atoms in total. The highest BCUT2D eigenvalue weighted by Gasteiger charge is 2.09. The predicted molar refractivity (Wildman–Crippen MR) is 91.6 cm³/mol. The van der Waals surface area contributed by atoms with Gasteiger partial charge in [-0.05, 0) is 44.4 Å². The van der Waals surface area contributed by atoms with Crippen LogP contribution in [0.2, 0.25) is 0 Å². The number of hydrogen-bond acceptors (Lipinski definition) is 3. The van der Waals surface area contributed by atoms with Gasteiger partial charge in [-0.1, -0.05) is 26.0 Å². The van der Waals surface area contributed by atoms with Crippen molar-refractivity contribution >= 4 is 17.7 Å². The van der Waals surface area contributed by atoms with Gasteiger partial charge in [-0.2, -0.15) is 0 Å². The van der Waals surface area contributed by atoms with Crippen LogP contribution in [0.3, 0.4) is 0 Å². The summed E-state index contributed by atoms with van der Waals surface area (Å²) in [5.74, 6) is 1.07. The van der Waals surface area contributed by atoms with Gasteiger partial charge in [-0.15, -0.1) is 11.8 Å². The lowest BCUT2D eigenvalue weighted by atomic mass is 10.1. The summed E-state index contributed by atoms with van der Waals surface area (Å²) in [6.45, 7) is 12.3. The van der Waals surface area contributed by atoms with Crippen LogP contribution in [0.4, 0.5) is 0 Å². The van der Waals surface area contributed by atoms with Gasteiger partial charge in [0.1, 0.15) is 0 Å². The van der Waals surface area contributed by atoms with Crippen molar-refractivity contribution in [2.75, 3.05) is 12.3 Å². The predicted octanol–water partition coefficient (Wildman–Crippen LogP) is 3.44. The molecule has 0 aliphatic carbocycles. The van der Waals surface area contributed by atoms with Crippen LogP contribution >= 0.6 is 11.8 Å². The smallest absolute Gasteiger partial charge is 0.230 e. The zero-order valence-electron chi connectivity index (χ0n) is 13.8. The Kier molecular flexibility index (Phi) is 7.26. The van der Waals surface area contributed by atoms with E-state index in [0.29, 0.717) is 11.7 Å². The van der Waals surface area contributed by atoms with E-state index in [2.05, 4.69) is 63.5 Å². The molecule has 0 atom stereocenters. The third-order valence-corrected chi connectivity index (χ3v) is 3.79. The van der Waals surface area contributed by atoms with Crippen LogP contribution in [-0.2, 0) is 11.3 Å². The molecule has 0 bridgehead atoms. The Balaban J connectivity index is 2.44. The van der Waals surface area contributed by atoms with Gasteiger partial charge in [0.2, 0.25) is 5.91 Å². The third kappa shape index (κ3) is 8.79. The molecule has 0 aromatic heterocycles. The molecule has 21 heavy (non-hydrogen) atoms. The van der Waals surface area contributed by atoms with Crippen LogP contribution in [0.25, 0.3) is 0 Å². The summed E-state index contributed by atoms with van der Waals surface area (Å²) in [4.78, 5) is 12.9. The number of carbonyl (C=O) groups excluding carboxylic acids is 1. The van der Waals surface area contributed by atoms with E-state index in [9.17, 15) is 4.79 Å². The maximum absolute atomic E-state index is 11.7. The van der Waals surface area contributed by atoms with Gasteiger partial charge in [0.15, 0.2) is 0 Å². The van der Waals surface area contributed by atoms with E-state index in [1.54, 1.807) is 11.8 Å². The summed E-state index contributed by atoms with van der Waals surface area (Å²) in [5.41, 5.74) is 1.36. The third-order valence-electron chi connectivity index (χ3n) is 2.80. The van der Waals surface area contributed by atoms with E-state index in [0.717, 1.165) is 18.0 Å². The lowest BCUT2D eigenvalue weighted by molar-refractivity contribution is -0.118.